The number of nitrogens with zero attached hydrogens (tertiary/aromatic N) is 2. The molecule has 1 unspecified atom stereocenters. The molecule has 0 bridgehead atoms. The van der Waals surface area contributed by atoms with Crippen LogP contribution in [0.15, 0.2) is 88.4 Å². The number of aryl methyl sites for hydroxylation is 1. The highest BCUT2D eigenvalue weighted by Crippen LogP contribution is 2.27. The van der Waals surface area contributed by atoms with Crippen LogP contribution in [-0.2, 0) is 9.53 Å². The summed E-state index contributed by atoms with van der Waals surface area (Å²) in [6.07, 6.45) is 6.83. The van der Waals surface area contributed by atoms with E-state index in [9.17, 15) is 9.59 Å². The largest absolute Gasteiger partial charge is 0.451 e. The second-order valence-corrected chi connectivity index (χ2v) is 8.43. The van der Waals surface area contributed by atoms with E-state index in [2.05, 4.69) is 9.98 Å². The molecule has 0 aliphatic heterocycles. The molecule has 2 aromatic rings. The van der Waals surface area contributed by atoms with Crippen LogP contribution < -0.4 is 5.73 Å². The summed E-state index contributed by atoms with van der Waals surface area (Å²) in [7, 11) is 0. The minimum atomic E-state index is -0.800. The summed E-state index contributed by atoms with van der Waals surface area (Å²) in [4.78, 5) is 33.5. The van der Waals surface area contributed by atoms with Gasteiger partial charge < -0.3 is 10.5 Å². The second kappa shape index (κ2) is 10.7. The maximum absolute atomic E-state index is 12.7. The van der Waals surface area contributed by atoms with Crippen LogP contribution in [0.3, 0.4) is 0 Å². The van der Waals surface area contributed by atoms with E-state index in [1.54, 1.807) is 42.5 Å². The number of hydrogen-bond acceptors (Lipinski definition) is 5. The number of ether oxygens (including phenoxy) is 1. The van der Waals surface area contributed by atoms with Gasteiger partial charge in [-0.2, -0.15) is 0 Å². The number of aliphatic imine (C=N–C) groups is 2. The van der Waals surface area contributed by atoms with Gasteiger partial charge in [0.25, 0.3) is 0 Å². The van der Waals surface area contributed by atoms with Gasteiger partial charge >= 0.3 is 5.97 Å². The second-order valence-electron chi connectivity index (χ2n) is 7.49. The third kappa shape index (κ3) is 6.52. The third-order valence-corrected chi connectivity index (χ3v) is 5.64. The molecule has 1 aliphatic rings. The zero-order valence-corrected chi connectivity index (χ0v) is 18.8. The number of ketones is 1. The molecule has 1 atom stereocenters. The highest BCUT2D eigenvalue weighted by molar-refractivity contribution is 8.14. The first-order chi connectivity index (χ1) is 15.4. The Bertz CT molecular complexity index is 1090. The van der Waals surface area contributed by atoms with Gasteiger partial charge in [-0.05, 0) is 44.2 Å². The summed E-state index contributed by atoms with van der Waals surface area (Å²) in [5.41, 5.74) is 7.56. The SMILES string of the molecule is Cc1ccc(N=C(N=CN)SCC(=O)C2=CCC(C)(OC(=O)c3ccccc3)C=C2)cc1. The molecule has 0 aromatic heterocycles. The normalized spacial score (nSPS) is 18.4. The van der Waals surface area contributed by atoms with E-state index >= 15 is 0 Å². The molecule has 0 saturated carbocycles. The Morgan fingerprint density at radius 1 is 1.16 bits per heavy atom. The quantitative estimate of drug-likeness (QED) is 0.391. The highest BCUT2D eigenvalue weighted by atomic mass is 32.2. The lowest BCUT2D eigenvalue weighted by atomic mass is 9.92. The number of hydrogen-bond donors (Lipinski definition) is 1. The van der Waals surface area contributed by atoms with Crippen molar-refractivity contribution in [2.75, 3.05) is 5.75 Å². The fourth-order valence-electron chi connectivity index (χ4n) is 2.95. The first-order valence-electron chi connectivity index (χ1n) is 10.1. The number of thioether (sulfide) groups is 1. The van der Waals surface area contributed by atoms with Crippen molar-refractivity contribution in [1.29, 1.82) is 0 Å². The van der Waals surface area contributed by atoms with Gasteiger partial charge in [0.1, 0.15) is 5.60 Å². The molecule has 2 N–H and O–H groups in total. The van der Waals surface area contributed by atoms with Crippen molar-refractivity contribution >= 4 is 40.7 Å². The van der Waals surface area contributed by atoms with Crippen LogP contribution in [0.4, 0.5) is 5.69 Å². The Labute approximate surface area is 192 Å². The number of nitrogens with two attached hydrogens (primary N) is 1. The van der Waals surface area contributed by atoms with Gasteiger partial charge in [-0.3, -0.25) is 4.79 Å². The van der Waals surface area contributed by atoms with Crippen LogP contribution >= 0.6 is 11.8 Å². The summed E-state index contributed by atoms with van der Waals surface area (Å²) in [5, 5.41) is 0.409. The molecule has 2 aromatic carbocycles. The van der Waals surface area contributed by atoms with Crippen LogP contribution in [0.2, 0.25) is 0 Å². The molecule has 7 heteroatoms. The minimum Gasteiger partial charge on any atom is -0.451 e. The standard InChI is InChI=1S/C25H25N3O3S/c1-18-8-10-21(11-9-18)28-24(27-17-26)32-16-22(29)19-12-14-25(2,15-13-19)31-23(30)20-6-4-3-5-7-20/h3-14,17H,15-16H2,1-2H3,(H2,26,27,28). The number of rotatable bonds is 6. The summed E-state index contributed by atoms with van der Waals surface area (Å²) >= 11 is 1.22. The molecule has 0 radical (unpaired) electrons. The smallest absolute Gasteiger partial charge is 0.338 e. The van der Waals surface area contributed by atoms with Crippen molar-refractivity contribution < 1.29 is 14.3 Å². The lowest BCUT2D eigenvalue weighted by molar-refractivity contribution is -0.113. The predicted octanol–water partition coefficient (Wildman–Crippen LogP) is 4.77. The molecule has 0 fully saturated rings. The lowest BCUT2D eigenvalue weighted by Crippen LogP contribution is -2.31. The fourth-order valence-corrected chi connectivity index (χ4v) is 3.68. The first-order valence-corrected chi connectivity index (χ1v) is 11.1. The summed E-state index contributed by atoms with van der Waals surface area (Å²) in [6, 6.07) is 16.5. The first kappa shape index (κ1) is 23.2. The average Bonchev–Trinajstić information content (AvgIpc) is 2.79. The van der Waals surface area contributed by atoms with Crippen LogP contribution in [0, 0.1) is 6.92 Å². The number of carbonyl (C=O) groups is 2. The van der Waals surface area contributed by atoms with Crippen LogP contribution in [0.25, 0.3) is 0 Å². The van der Waals surface area contributed by atoms with E-state index in [0.717, 1.165) is 17.6 Å². The van der Waals surface area contributed by atoms with Crippen molar-refractivity contribution in [2.24, 2.45) is 15.7 Å². The van der Waals surface area contributed by atoms with E-state index in [-0.39, 0.29) is 11.5 Å². The van der Waals surface area contributed by atoms with Crippen molar-refractivity contribution in [2.45, 2.75) is 25.9 Å². The summed E-state index contributed by atoms with van der Waals surface area (Å²) in [5.74, 6) is -0.293. The van der Waals surface area contributed by atoms with Gasteiger partial charge in [0.2, 0.25) is 0 Å². The molecular weight excluding hydrogens is 422 g/mol. The molecule has 1 aliphatic carbocycles. The molecular formula is C25H25N3O3S. The molecule has 0 spiro atoms. The number of esters is 1. The number of benzene rings is 2. The Morgan fingerprint density at radius 3 is 2.50 bits per heavy atom. The maximum atomic E-state index is 12.7. The molecule has 6 nitrogen and oxygen atoms in total. The molecule has 164 valence electrons. The molecule has 0 heterocycles. The van der Waals surface area contributed by atoms with Gasteiger partial charge in [0, 0.05) is 12.0 Å². The molecule has 3 rings (SSSR count). The van der Waals surface area contributed by atoms with Gasteiger partial charge in [-0.15, -0.1) is 0 Å². The molecule has 0 saturated heterocycles. The van der Waals surface area contributed by atoms with Crippen molar-refractivity contribution in [3.8, 4) is 0 Å². The number of Topliss-reactive ketones (excluding diaryl/α,β-unsaturated/α-hetero) is 1. The summed E-state index contributed by atoms with van der Waals surface area (Å²) in [6.45, 7) is 3.82. The Kier molecular flexibility index (Phi) is 7.78. The molecule has 0 amide bonds. The van der Waals surface area contributed by atoms with Crippen LogP contribution in [0.5, 0.6) is 0 Å². The van der Waals surface area contributed by atoms with Crippen molar-refractivity contribution in [1.82, 2.24) is 0 Å². The van der Waals surface area contributed by atoms with Gasteiger partial charge in [0.05, 0.1) is 23.3 Å². The highest BCUT2D eigenvalue weighted by Gasteiger charge is 2.28. The Morgan fingerprint density at radius 2 is 1.88 bits per heavy atom. The topological polar surface area (TPSA) is 94.1 Å². The van der Waals surface area contributed by atoms with E-state index in [4.69, 9.17) is 10.5 Å². The minimum absolute atomic E-state index is 0.0634. The van der Waals surface area contributed by atoms with Gasteiger partial charge in [-0.25, -0.2) is 14.8 Å². The third-order valence-electron chi connectivity index (χ3n) is 4.78. The molecule has 32 heavy (non-hydrogen) atoms. The Hall–Kier alpha value is -3.45. The van der Waals surface area contributed by atoms with E-state index in [1.807, 2.05) is 44.2 Å². The monoisotopic (exact) mass is 447 g/mol. The fraction of sp³-hybridized carbons (Fsp3) is 0.200. The van der Waals surface area contributed by atoms with E-state index in [1.165, 1.54) is 11.8 Å². The number of carbonyl (C=O) groups excluding carboxylic acids is 2. The van der Waals surface area contributed by atoms with Crippen molar-refractivity contribution in [3.05, 3.63) is 89.5 Å². The van der Waals surface area contributed by atoms with Gasteiger partial charge in [0.15, 0.2) is 11.0 Å². The Balaban J connectivity index is 1.58. The van der Waals surface area contributed by atoms with Crippen LogP contribution in [-0.4, -0.2) is 34.6 Å². The van der Waals surface area contributed by atoms with E-state index in [0.29, 0.717) is 22.7 Å². The zero-order chi connectivity index (χ0) is 23.0. The van der Waals surface area contributed by atoms with Gasteiger partial charge in [-0.1, -0.05) is 59.8 Å². The van der Waals surface area contributed by atoms with Crippen LogP contribution in [0.1, 0.15) is 29.3 Å². The predicted molar refractivity (Wildman–Crippen MR) is 131 cm³/mol. The number of allylic oxidation sites excluding steroid dienone is 2. The maximum Gasteiger partial charge on any atom is 0.338 e. The number of amidine groups is 1. The zero-order valence-electron chi connectivity index (χ0n) is 18.0. The summed E-state index contributed by atoms with van der Waals surface area (Å²) < 4.78 is 5.66. The lowest BCUT2D eigenvalue weighted by Gasteiger charge is -2.28. The van der Waals surface area contributed by atoms with Crippen molar-refractivity contribution in [3.63, 3.8) is 0 Å². The average molecular weight is 448 g/mol. The van der Waals surface area contributed by atoms with E-state index < -0.39 is 11.6 Å².